The summed E-state index contributed by atoms with van der Waals surface area (Å²) in [7, 11) is 2.05. The topological polar surface area (TPSA) is 55.6 Å². The Kier molecular flexibility index (Phi) is 6.70. The second-order valence-corrected chi connectivity index (χ2v) is 16.5. The van der Waals surface area contributed by atoms with E-state index in [0.717, 1.165) is 72.0 Å². The van der Waals surface area contributed by atoms with Crippen LogP contribution in [0.15, 0.2) is 117 Å². The third-order valence-electron chi connectivity index (χ3n) is 11.0. The van der Waals surface area contributed by atoms with E-state index in [-0.39, 0.29) is 21.7 Å². The summed E-state index contributed by atoms with van der Waals surface area (Å²) >= 11 is 0. The summed E-state index contributed by atoms with van der Waals surface area (Å²) in [5.41, 5.74) is 10.7. The van der Waals surface area contributed by atoms with Crippen molar-refractivity contribution in [3.63, 3.8) is 0 Å². The first-order chi connectivity index (χ1) is 24.7. The first-order valence-corrected chi connectivity index (χ1v) is 18.0. The number of hydrogen-bond donors (Lipinski definition) is 0. The molecule has 9 rings (SSSR count). The molecule has 4 heterocycles. The minimum Gasteiger partial charge on any atom is -0.455 e. The van der Waals surface area contributed by atoms with E-state index in [2.05, 4.69) is 112 Å². The van der Waals surface area contributed by atoms with Crippen molar-refractivity contribution in [2.24, 2.45) is 7.05 Å². The van der Waals surface area contributed by atoms with Gasteiger partial charge in [0.05, 0.1) is 22.1 Å². The Morgan fingerprint density at radius 3 is 1.75 bits per heavy atom. The summed E-state index contributed by atoms with van der Waals surface area (Å²) in [5.74, 6) is 0. The van der Waals surface area contributed by atoms with Crippen LogP contribution >= 0.6 is 0 Å². The molecule has 256 valence electrons. The molecule has 0 aliphatic heterocycles. The van der Waals surface area contributed by atoms with Crippen LogP contribution in [0.1, 0.15) is 58.2 Å². The lowest BCUT2D eigenvalue weighted by atomic mass is 9.85. The number of aromatic nitrogens is 2. The maximum absolute atomic E-state index is 14.5. The molecule has 0 unspecified atom stereocenters. The first-order valence-electron chi connectivity index (χ1n) is 18.0. The van der Waals surface area contributed by atoms with E-state index in [4.69, 9.17) is 4.42 Å². The summed E-state index contributed by atoms with van der Waals surface area (Å²) in [4.78, 5) is 29.1. The molecule has 5 nitrogen and oxygen atoms in total. The summed E-state index contributed by atoms with van der Waals surface area (Å²) in [6.07, 6.45) is 2.05. The third kappa shape index (κ3) is 4.65. The van der Waals surface area contributed by atoms with Gasteiger partial charge in [0.2, 0.25) is 5.69 Å². The second kappa shape index (κ2) is 10.8. The van der Waals surface area contributed by atoms with Gasteiger partial charge in [-0.15, -0.1) is 0 Å². The molecule has 5 aromatic carbocycles. The largest absolute Gasteiger partial charge is 0.455 e. The maximum Gasteiger partial charge on any atom is 0.216 e. The van der Waals surface area contributed by atoms with Gasteiger partial charge in [0, 0.05) is 44.5 Å². The molecule has 0 saturated heterocycles. The molecule has 0 fully saturated rings. The van der Waals surface area contributed by atoms with Crippen LogP contribution in [0.25, 0.3) is 82.4 Å². The Labute approximate surface area is 301 Å². The molecule has 0 amide bonds. The highest BCUT2D eigenvalue weighted by Crippen LogP contribution is 2.40. The fourth-order valence-electron chi connectivity index (χ4n) is 8.02. The van der Waals surface area contributed by atoms with E-state index in [0.29, 0.717) is 27.1 Å². The zero-order valence-corrected chi connectivity index (χ0v) is 30.9. The minimum absolute atomic E-state index is 0.0753. The van der Waals surface area contributed by atoms with Crippen LogP contribution in [-0.4, -0.2) is 4.40 Å². The van der Waals surface area contributed by atoms with Gasteiger partial charge in [-0.3, -0.25) is 9.59 Å². The fourth-order valence-corrected chi connectivity index (χ4v) is 8.02. The van der Waals surface area contributed by atoms with Gasteiger partial charge in [-0.05, 0) is 100 Å². The number of hydrogen-bond acceptors (Lipinski definition) is 3. The van der Waals surface area contributed by atoms with E-state index < -0.39 is 0 Å². The molecule has 0 atom stereocenters. The van der Waals surface area contributed by atoms with Crippen molar-refractivity contribution in [3.05, 3.63) is 140 Å². The molecule has 9 aromatic rings. The van der Waals surface area contributed by atoms with Crippen LogP contribution < -0.4 is 15.4 Å². The number of rotatable bonds is 2. The van der Waals surface area contributed by atoms with Gasteiger partial charge in [-0.25, -0.2) is 4.57 Å². The van der Waals surface area contributed by atoms with Crippen LogP contribution in [0.3, 0.4) is 0 Å². The van der Waals surface area contributed by atoms with Crippen LogP contribution in [0.2, 0.25) is 0 Å². The summed E-state index contributed by atoms with van der Waals surface area (Å²) < 4.78 is 11.0. The molecular formula is C47H41N2O3+. The molecule has 0 bridgehead atoms. The van der Waals surface area contributed by atoms with Gasteiger partial charge in [0.1, 0.15) is 18.2 Å². The molecule has 0 N–H and O–H groups in total. The summed E-state index contributed by atoms with van der Waals surface area (Å²) in [6, 6.07) is 32.9. The summed E-state index contributed by atoms with van der Waals surface area (Å²) in [5, 5.41) is 4.39. The average Bonchev–Trinajstić information content (AvgIpc) is 3.48. The van der Waals surface area contributed by atoms with E-state index in [9.17, 15) is 9.59 Å². The van der Waals surface area contributed by atoms with Crippen molar-refractivity contribution in [1.29, 1.82) is 0 Å². The van der Waals surface area contributed by atoms with Crippen molar-refractivity contribution in [3.8, 4) is 22.4 Å². The Morgan fingerprint density at radius 1 is 0.596 bits per heavy atom. The van der Waals surface area contributed by atoms with Crippen molar-refractivity contribution < 1.29 is 8.98 Å². The van der Waals surface area contributed by atoms with Crippen molar-refractivity contribution in [1.82, 2.24) is 4.40 Å². The molecule has 52 heavy (non-hydrogen) atoms. The molecular weight excluding hydrogens is 641 g/mol. The lowest BCUT2D eigenvalue weighted by Crippen LogP contribution is -2.30. The number of nitrogens with zero attached hydrogens (tertiary/aromatic N) is 2. The molecule has 0 aliphatic carbocycles. The van der Waals surface area contributed by atoms with Gasteiger partial charge in [0.25, 0.3) is 0 Å². The fraction of sp³-hybridized carbons (Fsp3) is 0.213. The zero-order chi connectivity index (χ0) is 36.4. The van der Waals surface area contributed by atoms with Gasteiger partial charge < -0.3 is 8.82 Å². The van der Waals surface area contributed by atoms with Crippen LogP contribution in [-0.2, 0) is 17.9 Å². The third-order valence-corrected chi connectivity index (χ3v) is 11.0. The van der Waals surface area contributed by atoms with Gasteiger partial charge in [0.15, 0.2) is 17.1 Å². The maximum atomic E-state index is 14.5. The highest BCUT2D eigenvalue weighted by molar-refractivity contribution is 6.12. The molecule has 0 spiro atoms. The lowest BCUT2D eigenvalue weighted by Gasteiger charge is -2.23. The SMILES string of the molecule is Cc1ccc2c(oc3cc(-c4cc5c(=O)c6ccc(C(C)(C)C)cc6n6c7cc(C(C)(C)C)ccc7c(=O)c(c4)c56)ccc32)c1-c1cccc[n+]1C. The average molecular weight is 682 g/mol. The molecule has 0 saturated carbocycles. The Balaban J connectivity index is 1.36. The zero-order valence-electron chi connectivity index (χ0n) is 30.9. The predicted molar refractivity (Wildman–Crippen MR) is 215 cm³/mol. The van der Waals surface area contributed by atoms with E-state index in [1.807, 2.05) is 55.7 Å². The quantitative estimate of drug-likeness (QED) is 0.104. The number of pyridine rings is 3. The molecule has 0 radical (unpaired) electrons. The molecule has 4 aromatic heterocycles. The van der Waals surface area contributed by atoms with Crippen LogP contribution in [0, 0.1) is 6.92 Å². The van der Waals surface area contributed by atoms with E-state index in [1.54, 1.807) is 0 Å². The van der Waals surface area contributed by atoms with Crippen molar-refractivity contribution >= 4 is 60.0 Å². The van der Waals surface area contributed by atoms with Crippen LogP contribution in [0.4, 0.5) is 0 Å². The normalized spacial score (nSPS) is 12.8. The highest BCUT2D eigenvalue weighted by atomic mass is 16.3. The second-order valence-electron chi connectivity index (χ2n) is 16.5. The molecule has 0 aliphatic rings. The van der Waals surface area contributed by atoms with Gasteiger partial charge >= 0.3 is 0 Å². The van der Waals surface area contributed by atoms with Crippen molar-refractivity contribution in [2.45, 2.75) is 59.3 Å². The summed E-state index contributed by atoms with van der Waals surface area (Å²) in [6.45, 7) is 15.2. The Bertz CT molecular complexity index is 2970. The molecule has 5 heteroatoms. The highest BCUT2D eigenvalue weighted by Gasteiger charge is 2.24. The number of benzene rings is 5. The minimum atomic E-state index is -0.125. The Hall–Kier alpha value is -5.81. The lowest BCUT2D eigenvalue weighted by molar-refractivity contribution is -0.660. The van der Waals surface area contributed by atoms with E-state index in [1.165, 1.54) is 0 Å². The first kappa shape index (κ1) is 32.1. The predicted octanol–water partition coefficient (Wildman–Crippen LogP) is 10.5. The number of fused-ring (bicyclic) bond motifs is 7. The Morgan fingerprint density at radius 2 is 1.17 bits per heavy atom. The standard InChI is InChI=1S/C47H41N2O3/c1-26-12-16-32-31-17-13-27(23-40(31)52-45(32)41(26)37-11-9-10-20-48(37)8)28-21-35-42-36(22-28)44(51)34-19-15-30(47(5,6)7)25-39(34)49(42)38-24-29(46(2,3)4)14-18-33(38)43(35)50/h9-25H,1-8H3/q+1. The number of aryl methyl sites for hydroxylation is 2. The van der Waals surface area contributed by atoms with Crippen molar-refractivity contribution in [2.75, 3.05) is 0 Å². The van der Waals surface area contributed by atoms with E-state index >= 15 is 0 Å². The smallest absolute Gasteiger partial charge is 0.216 e. The number of furan rings is 1. The van der Waals surface area contributed by atoms with Crippen LogP contribution in [0.5, 0.6) is 0 Å². The van der Waals surface area contributed by atoms with Gasteiger partial charge in [-0.2, -0.15) is 0 Å². The van der Waals surface area contributed by atoms with Gasteiger partial charge in [-0.1, -0.05) is 71.9 Å². The monoisotopic (exact) mass is 681 g/mol.